The van der Waals surface area contributed by atoms with Gasteiger partial charge >= 0.3 is 5.97 Å². The standard InChI is InChI=1S/C17H17NO4S/c19-16(18-7-6-13(10-18)17(20)21)12-3-1-4-14(9-12)22-11-15-5-2-8-23-15/h1-5,8-9,13H,6-7,10-11H2,(H,20,21)/t13-/m1/s1. The molecule has 0 radical (unpaired) electrons. The number of carbonyl (C=O) groups excluding carboxylic acids is 1. The molecule has 23 heavy (non-hydrogen) atoms. The number of carboxylic acids is 1. The summed E-state index contributed by atoms with van der Waals surface area (Å²) in [5.74, 6) is -0.806. The van der Waals surface area contributed by atoms with Crippen LogP contribution in [0.5, 0.6) is 5.75 Å². The zero-order valence-electron chi connectivity index (χ0n) is 12.5. The zero-order chi connectivity index (χ0) is 16.2. The predicted molar refractivity (Wildman–Crippen MR) is 86.7 cm³/mol. The number of amides is 1. The second-order valence-corrected chi connectivity index (χ2v) is 6.50. The monoisotopic (exact) mass is 331 g/mol. The molecule has 2 heterocycles. The molecule has 1 aliphatic rings. The minimum atomic E-state index is -0.840. The van der Waals surface area contributed by atoms with Crippen LogP contribution in [0.15, 0.2) is 41.8 Å². The van der Waals surface area contributed by atoms with Gasteiger partial charge < -0.3 is 14.7 Å². The second-order valence-electron chi connectivity index (χ2n) is 5.47. The van der Waals surface area contributed by atoms with Gasteiger partial charge in [0.25, 0.3) is 5.91 Å². The number of hydrogen-bond acceptors (Lipinski definition) is 4. The van der Waals surface area contributed by atoms with Crippen molar-refractivity contribution >= 4 is 23.2 Å². The molecule has 0 aliphatic carbocycles. The number of benzene rings is 1. The zero-order valence-corrected chi connectivity index (χ0v) is 13.3. The summed E-state index contributed by atoms with van der Waals surface area (Å²) in [5.41, 5.74) is 0.528. The Bertz CT molecular complexity index is 698. The maximum absolute atomic E-state index is 12.5. The van der Waals surface area contributed by atoms with Gasteiger partial charge in [0, 0.05) is 23.5 Å². The maximum Gasteiger partial charge on any atom is 0.308 e. The quantitative estimate of drug-likeness (QED) is 0.915. The number of rotatable bonds is 5. The molecule has 5 nitrogen and oxygen atoms in total. The first-order chi connectivity index (χ1) is 11.1. The van der Waals surface area contributed by atoms with E-state index < -0.39 is 11.9 Å². The van der Waals surface area contributed by atoms with Gasteiger partial charge in [-0.05, 0) is 36.1 Å². The lowest BCUT2D eigenvalue weighted by molar-refractivity contribution is -0.141. The van der Waals surface area contributed by atoms with Gasteiger partial charge in [-0.1, -0.05) is 12.1 Å². The Balaban J connectivity index is 1.65. The van der Waals surface area contributed by atoms with E-state index in [0.29, 0.717) is 30.9 Å². The van der Waals surface area contributed by atoms with Crippen LogP contribution in [0.4, 0.5) is 0 Å². The summed E-state index contributed by atoms with van der Waals surface area (Å²) in [5, 5.41) is 11.0. The molecule has 0 bridgehead atoms. The molecule has 1 fully saturated rings. The third kappa shape index (κ3) is 3.71. The highest BCUT2D eigenvalue weighted by molar-refractivity contribution is 7.09. The Kier molecular flexibility index (Phi) is 4.62. The number of carbonyl (C=O) groups is 2. The maximum atomic E-state index is 12.5. The van der Waals surface area contributed by atoms with E-state index in [9.17, 15) is 9.59 Å². The van der Waals surface area contributed by atoms with Gasteiger partial charge in [0.15, 0.2) is 0 Å². The Morgan fingerprint density at radius 3 is 2.87 bits per heavy atom. The Hall–Kier alpha value is -2.34. The minimum Gasteiger partial charge on any atom is -0.488 e. The molecule has 0 unspecified atom stereocenters. The molecule has 120 valence electrons. The predicted octanol–water partition coefficient (Wildman–Crippen LogP) is 2.87. The Morgan fingerprint density at radius 1 is 1.30 bits per heavy atom. The summed E-state index contributed by atoms with van der Waals surface area (Å²) in [6.07, 6.45) is 0.510. The van der Waals surface area contributed by atoms with Crippen LogP contribution in [0.25, 0.3) is 0 Å². The van der Waals surface area contributed by atoms with Crippen LogP contribution in [-0.2, 0) is 11.4 Å². The fraction of sp³-hybridized carbons (Fsp3) is 0.294. The molecular weight excluding hydrogens is 314 g/mol. The SMILES string of the molecule is O=C(O)[C@@H]1CCN(C(=O)c2cccc(OCc3cccs3)c2)C1. The van der Waals surface area contributed by atoms with Crippen molar-refractivity contribution in [1.82, 2.24) is 4.90 Å². The second kappa shape index (κ2) is 6.83. The van der Waals surface area contributed by atoms with Crippen LogP contribution in [-0.4, -0.2) is 35.0 Å². The van der Waals surface area contributed by atoms with Gasteiger partial charge in [-0.2, -0.15) is 0 Å². The van der Waals surface area contributed by atoms with E-state index in [0.717, 1.165) is 4.88 Å². The Morgan fingerprint density at radius 2 is 2.17 bits per heavy atom. The van der Waals surface area contributed by atoms with Crippen molar-refractivity contribution in [2.75, 3.05) is 13.1 Å². The largest absolute Gasteiger partial charge is 0.488 e. The third-order valence-electron chi connectivity index (χ3n) is 3.87. The molecule has 1 amide bonds. The molecule has 1 saturated heterocycles. The number of thiophene rings is 1. The third-order valence-corrected chi connectivity index (χ3v) is 4.72. The van der Waals surface area contributed by atoms with Crippen LogP contribution in [0.3, 0.4) is 0 Å². The van der Waals surface area contributed by atoms with Crippen molar-refractivity contribution in [2.45, 2.75) is 13.0 Å². The fourth-order valence-electron chi connectivity index (χ4n) is 2.60. The van der Waals surface area contributed by atoms with Crippen molar-refractivity contribution in [3.63, 3.8) is 0 Å². The summed E-state index contributed by atoms with van der Waals surface area (Å²) in [6, 6.07) is 11.0. The highest BCUT2D eigenvalue weighted by Crippen LogP contribution is 2.22. The van der Waals surface area contributed by atoms with E-state index >= 15 is 0 Å². The van der Waals surface area contributed by atoms with E-state index in [2.05, 4.69) is 0 Å². The average molecular weight is 331 g/mol. The molecule has 0 saturated carbocycles. The number of hydrogen-bond donors (Lipinski definition) is 1. The van der Waals surface area contributed by atoms with Gasteiger partial charge in [0.1, 0.15) is 12.4 Å². The van der Waals surface area contributed by atoms with E-state index in [4.69, 9.17) is 9.84 Å². The summed E-state index contributed by atoms with van der Waals surface area (Å²) < 4.78 is 5.71. The van der Waals surface area contributed by atoms with Crippen LogP contribution in [0.2, 0.25) is 0 Å². The number of likely N-dealkylation sites (tertiary alicyclic amines) is 1. The van der Waals surface area contributed by atoms with Crippen molar-refractivity contribution in [2.24, 2.45) is 5.92 Å². The van der Waals surface area contributed by atoms with Crippen LogP contribution < -0.4 is 4.74 Å². The van der Waals surface area contributed by atoms with Crippen LogP contribution in [0, 0.1) is 5.92 Å². The highest BCUT2D eigenvalue weighted by atomic mass is 32.1. The van der Waals surface area contributed by atoms with Crippen molar-refractivity contribution in [3.05, 3.63) is 52.2 Å². The normalized spacial score (nSPS) is 17.2. The number of ether oxygens (including phenoxy) is 1. The smallest absolute Gasteiger partial charge is 0.308 e. The molecule has 1 N–H and O–H groups in total. The van der Waals surface area contributed by atoms with Crippen LogP contribution in [0.1, 0.15) is 21.7 Å². The first-order valence-electron chi connectivity index (χ1n) is 7.41. The van der Waals surface area contributed by atoms with Gasteiger partial charge in [0.05, 0.1) is 5.92 Å². The highest BCUT2D eigenvalue weighted by Gasteiger charge is 2.31. The number of nitrogens with zero attached hydrogens (tertiary/aromatic N) is 1. The molecule has 1 aliphatic heterocycles. The number of carboxylic acid groups (broad SMARTS) is 1. The van der Waals surface area contributed by atoms with E-state index in [1.165, 1.54) is 0 Å². The van der Waals surface area contributed by atoms with Crippen molar-refractivity contribution in [1.29, 1.82) is 0 Å². The minimum absolute atomic E-state index is 0.143. The molecular formula is C17H17NO4S. The summed E-state index contributed by atoms with van der Waals surface area (Å²) in [7, 11) is 0. The molecule has 0 spiro atoms. The van der Waals surface area contributed by atoms with Gasteiger partial charge in [-0.15, -0.1) is 11.3 Å². The van der Waals surface area contributed by atoms with Crippen molar-refractivity contribution < 1.29 is 19.4 Å². The molecule has 1 aromatic carbocycles. The average Bonchev–Trinajstić information content (AvgIpc) is 3.24. The van der Waals surface area contributed by atoms with Gasteiger partial charge in [0.2, 0.25) is 0 Å². The molecule has 3 rings (SSSR count). The van der Waals surface area contributed by atoms with Gasteiger partial charge in [-0.25, -0.2) is 0 Å². The first kappa shape index (κ1) is 15.6. The van der Waals surface area contributed by atoms with Crippen molar-refractivity contribution in [3.8, 4) is 5.75 Å². The summed E-state index contributed by atoms with van der Waals surface area (Å²) >= 11 is 1.62. The molecule has 2 aromatic rings. The summed E-state index contributed by atoms with van der Waals surface area (Å²) in [6.45, 7) is 1.23. The molecule has 1 aromatic heterocycles. The van der Waals surface area contributed by atoms with Gasteiger partial charge in [-0.3, -0.25) is 9.59 Å². The first-order valence-corrected chi connectivity index (χ1v) is 8.29. The van der Waals surface area contributed by atoms with Crippen LogP contribution >= 0.6 is 11.3 Å². The lowest BCUT2D eigenvalue weighted by Gasteiger charge is -2.16. The molecule has 6 heteroatoms. The van der Waals surface area contributed by atoms with E-state index in [-0.39, 0.29) is 12.5 Å². The van der Waals surface area contributed by atoms with E-state index in [1.54, 1.807) is 34.4 Å². The molecule has 1 atom stereocenters. The Labute approximate surface area is 138 Å². The topological polar surface area (TPSA) is 66.8 Å². The fourth-order valence-corrected chi connectivity index (χ4v) is 3.21. The van der Waals surface area contributed by atoms with E-state index in [1.807, 2.05) is 23.6 Å². The lowest BCUT2D eigenvalue weighted by Crippen LogP contribution is -2.29. The summed E-state index contributed by atoms with van der Waals surface area (Å²) in [4.78, 5) is 26.2. The number of aliphatic carboxylic acids is 1. The lowest BCUT2D eigenvalue weighted by atomic mass is 10.1.